The molecule has 3 aromatic carbocycles. The van der Waals surface area contributed by atoms with Crippen molar-refractivity contribution < 1.29 is 9.18 Å². The van der Waals surface area contributed by atoms with Crippen LogP contribution in [-0.4, -0.2) is 5.91 Å². The summed E-state index contributed by atoms with van der Waals surface area (Å²) >= 11 is 0. The standard InChI is InChI=1S/C24H22FNO/c1-16-7-11-18(12-8-16)24(19-13-9-17(2)10-14-19)15-20(24)23(27)26-22-6-4-3-5-21(22)25/h3-14,20H,15H2,1-2H3,(H,26,27)/t20-/m0/s1. The molecule has 27 heavy (non-hydrogen) atoms. The van der Waals surface area contributed by atoms with Gasteiger partial charge in [0.25, 0.3) is 0 Å². The number of hydrogen-bond acceptors (Lipinski definition) is 1. The zero-order valence-corrected chi connectivity index (χ0v) is 15.5. The van der Waals surface area contributed by atoms with Crippen LogP contribution < -0.4 is 5.32 Å². The molecule has 1 aliphatic carbocycles. The highest BCUT2D eigenvalue weighted by molar-refractivity contribution is 5.97. The molecule has 4 rings (SSSR count). The number of rotatable bonds is 4. The summed E-state index contributed by atoms with van der Waals surface area (Å²) in [6, 6.07) is 23.0. The van der Waals surface area contributed by atoms with Crippen molar-refractivity contribution in [3.8, 4) is 0 Å². The van der Waals surface area contributed by atoms with Gasteiger partial charge < -0.3 is 5.32 Å². The number of amides is 1. The van der Waals surface area contributed by atoms with E-state index in [1.165, 1.54) is 17.2 Å². The smallest absolute Gasteiger partial charge is 0.228 e. The molecule has 0 bridgehead atoms. The first-order valence-corrected chi connectivity index (χ1v) is 9.20. The zero-order valence-electron chi connectivity index (χ0n) is 15.5. The van der Waals surface area contributed by atoms with Crippen molar-refractivity contribution in [1.29, 1.82) is 0 Å². The summed E-state index contributed by atoms with van der Waals surface area (Å²) in [7, 11) is 0. The molecule has 0 heterocycles. The molecule has 1 saturated carbocycles. The first-order chi connectivity index (χ1) is 13.0. The van der Waals surface area contributed by atoms with Gasteiger partial charge in [0.05, 0.1) is 11.6 Å². The lowest BCUT2D eigenvalue weighted by atomic mass is 9.85. The minimum absolute atomic E-state index is 0.138. The molecule has 3 aromatic rings. The van der Waals surface area contributed by atoms with Crippen LogP contribution in [-0.2, 0) is 10.2 Å². The van der Waals surface area contributed by atoms with Crippen LogP contribution in [0.5, 0.6) is 0 Å². The van der Waals surface area contributed by atoms with E-state index in [1.807, 2.05) is 0 Å². The van der Waals surface area contributed by atoms with Gasteiger partial charge in [-0.15, -0.1) is 0 Å². The third kappa shape index (κ3) is 3.14. The van der Waals surface area contributed by atoms with Gasteiger partial charge >= 0.3 is 0 Å². The molecular weight excluding hydrogens is 337 g/mol. The van der Waals surface area contributed by atoms with E-state index >= 15 is 0 Å². The summed E-state index contributed by atoms with van der Waals surface area (Å²) in [5, 5.41) is 2.78. The van der Waals surface area contributed by atoms with Crippen LogP contribution in [0.2, 0.25) is 0 Å². The average Bonchev–Trinajstić information content (AvgIpc) is 3.42. The number of aryl methyl sites for hydroxylation is 2. The lowest BCUT2D eigenvalue weighted by Crippen LogP contribution is -2.22. The van der Waals surface area contributed by atoms with Crippen LogP contribution in [0.25, 0.3) is 0 Å². The van der Waals surface area contributed by atoms with E-state index < -0.39 is 5.82 Å². The number of carbonyl (C=O) groups is 1. The number of anilines is 1. The van der Waals surface area contributed by atoms with Crippen LogP contribution in [0.4, 0.5) is 10.1 Å². The Hall–Kier alpha value is -2.94. The largest absolute Gasteiger partial charge is 0.323 e. The van der Waals surface area contributed by atoms with Gasteiger partial charge in [0.1, 0.15) is 5.82 Å². The van der Waals surface area contributed by atoms with Crippen molar-refractivity contribution in [2.24, 2.45) is 5.92 Å². The quantitative estimate of drug-likeness (QED) is 0.665. The Morgan fingerprint density at radius 3 is 1.93 bits per heavy atom. The molecule has 0 saturated heterocycles. The van der Waals surface area contributed by atoms with Gasteiger partial charge in [-0.1, -0.05) is 71.8 Å². The Morgan fingerprint density at radius 1 is 0.889 bits per heavy atom. The van der Waals surface area contributed by atoms with Crippen LogP contribution >= 0.6 is 0 Å². The Kier molecular flexibility index (Phi) is 4.31. The molecule has 0 aromatic heterocycles. The normalized spacial score (nSPS) is 17.4. The third-order valence-electron chi connectivity index (χ3n) is 5.54. The minimum atomic E-state index is -0.414. The van der Waals surface area contributed by atoms with Crippen LogP contribution in [0, 0.1) is 25.6 Å². The van der Waals surface area contributed by atoms with E-state index in [0.29, 0.717) is 0 Å². The van der Waals surface area contributed by atoms with E-state index in [1.54, 1.807) is 18.2 Å². The highest BCUT2D eigenvalue weighted by Gasteiger charge is 2.60. The van der Waals surface area contributed by atoms with E-state index in [9.17, 15) is 9.18 Å². The van der Waals surface area contributed by atoms with E-state index in [2.05, 4.69) is 67.7 Å². The molecule has 1 fully saturated rings. The highest BCUT2D eigenvalue weighted by atomic mass is 19.1. The maximum atomic E-state index is 13.9. The van der Waals surface area contributed by atoms with Crippen molar-refractivity contribution in [1.82, 2.24) is 0 Å². The summed E-state index contributed by atoms with van der Waals surface area (Å²) in [5.74, 6) is -0.772. The summed E-state index contributed by atoms with van der Waals surface area (Å²) in [4.78, 5) is 12.9. The summed E-state index contributed by atoms with van der Waals surface area (Å²) in [6.45, 7) is 4.11. The van der Waals surface area contributed by atoms with Gasteiger partial charge in [0.2, 0.25) is 5.91 Å². The van der Waals surface area contributed by atoms with Crippen molar-refractivity contribution in [2.45, 2.75) is 25.7 Å². The van der Waals surface area contributed by atoms with E-state index in [4.69, 9.17) is 0 Å². The minimum Gasteiger partial charge on any atom is -0.323 e. The Labute approximate surface area is 159 Å². The second-order valence-electron chi connectivity index (χ2n) is 7.43. The molecule has 0 aliphatic heterocycles. The third-order valence-corrected chi connectivity index (χ3v) is 5.54. The molecule has 0 spiro atoms. The van der Waals surface area contributed by atoms with Crippen LogP contribution in [0.1, 0.15) is 28.7 Å². The number of hydrogen-bond donors (Lipinski definition) is 1. The fourth-order valence-electron chi connectivity index (χ4n) is 3.87. The molecule has 0 radical (unpaired) electrons. The van der Waals surface area contributed by atoms with Gasteiger partial charge in [0.15, 0.2) is 0 Å². The fourth-order valence-corrected chi connectivity index (χ4v) is 3.87. The summed E-state index contributed by atoms with van der Waals surface area (Å²) in [5.41, 5.74) is 4.51. The number of carbonyl (C=O) groups excluding carboxylic acids is 1. The molecule has 136 valence electrons. The summed E-state index contributed by atoms with van der Waals surface area (Å²) < 4.78 is 13.9. The fraction of sp³-hybridized carbons (Fsp3) is 0.208. The monoisotopic (exact) mass is 359 g/mol. The van der Waals surface area contributed by atoms with Crippen LogP contribution in [0.15, 0.2) is 72.8 Å². The van der Waals surface area contributed by atoms with Gasteiger partial charge in [-0.3, -0.25) is 4.79 Å². The van der Waals surface area contributed by atoms with Gasteiger partial charge in [-0.25, -0.2) is 4.39 Å². The molecular formula is C24H22FNO. The Balaban J connectivity index is 1.69. The van der Waals surface area contributed by atoms with E-state index in [0.717, 1.165) is 17.5 Å². The SMILES string of the molecule is Cc1ccc(C2(c3ccc(C)cc3)C[C@H]2C(=O)Nc2ccccc2F)cc1. The van der Waals surface area contributed by atoms with Crippen molar-refractivity contribution in [3.05, 3.63) is 101 Å². The van der Waals surface area contributed by atoms with Crippen molar-refractivity contribution >= 4 is 11.6 Å². The van der Waals surface area contributed by atoms with Gasteiger partial charge in [-0.05, 0) is 43.5 Å². The number of nitrogens with one attached hydrogen (secondary N) is 1. The molecule has 1 aliphatic rings. The van der Waals surface area contributed by atoms with Crippen molar-refractivity contribution in [3.63, 3.8) is 0 Å². The number of para-hydroxylation sites is 1. The van der Waals surface area contributed by atoms with Gasteiger partial charge in [-0.2, -0.15) is 0 Å². The second kappa shape index (κ2) is 6.66. The first-order valence-electron chi connectivity index (χ1n) is 9.20. The molecule has 1 atom stereocenters. The number of benzene rings is 3. The second-order valence-corrected chi connectivity index (χ2v) is 7.43. The Bertz CT molecular complexity index is 931. The molecule has 1 amide bonds. The maximum Gasteiger partial charge on any atom is 0.228 e. The molecule has 3 heteroatoms. The molecule has 0 unspecified atom stereocenters. The maximum absolute atomic E-state index is 13.9. The van der Waals surface area contributed by atoms with Crippen molar-refractivity contribution in [2.75, 3.05) is 5.32 Å². The highest BCUT2D eigenvalue weighted by Crippen LogP contribution is 2.59. The molecule has 2 nitrogen and oxygen atoms in total. The lowest BCUT2D eigenvalue weighted by Gasteiger charge is -2.19. The Morgan fingerprint density at radius 2 is 1.41 bits per heavy atom. The average molecular weight is 359 g/mol. The first kappa shape index (κ1) is 17.5. The molecule has 1 N–H and O–H groups in total. The lowest BCUT2D eigenvalue weighted by molar-refractivity contribution is -0.117. The summed E-state index contributed by atoms with van der Waals surface area (Å²) in [6.07, 6.45) is 0.722. The predicted octanol–water partition coefficient (Wildman–Crippen LogP) is 5.39. The zero-order chi connectivity index (χ0) is 19.0. The van der Waals surface area contributed by atoms with E-state index in [-0.39, 0.29) is 22.9 Å². The predicted molar refractivity (Wildman–Crippen MR) is 106 cm³/mol. The number of halogens is 1. The van der Waals surface area contributed by atoms with Gasteiger partial charge in [0, 0.05) is 5.41 Å². The van der Waals surface area contributed by atoms with Crippen LogP contribution in [0.3, 0.4) is 0 Å². The topological polar surface area (TPSA) is 29.1 Å².